The molecule has 5 atom stereocenters. The Labute approximate surface area is 756 Å². The van der Waals surface area contributed by atoms with E-state index in [1.54, 1.807) is 23.5 Å². The summed E-state index contributed by atoms with van der Waals surface area (Å²) in [6.07, 6.45) is 9.92. The summed E-state index contributed by atoms with van der Waals surface area (Å²) in [6.45, 7) is 10.1. The zero-order chi connectivity index (χ0) is 91.2. The molecule has 15 rings (SSSR count). The number of Topliss-reactive ketones (excluding diaryl/α,β-unsaturated/α-hetero) is 2. The van der Waals surface area contributed by atoms with Crippen LogP contribution in [0.15, 0.2) is 126 Å². The predicted molar refractivity (Wildman–Crippen MR) is 491 cm³/mol. The van der Waals surface area contributed by atoms with Crippen molar-refractivity contribution in [3.8, 4) is 6.07 Å². The molecule has 0 spiro atoms. The van der Waals surface area contributed by atoms with Crippen LogP contribution in [-0.4, -0.2) is 136 Å². The second-order valence-electron chi connectivity index (χ2n) is 30.3. The smallest absolute Gasteiger partial charge is 0.309 e. The van der Waals surface area contributed by atoms with Crippen LogP contribution in [0.3, 0.4) is 0 Å². The minimum absolute atomic E-state index is 0.0307. The lowest BCUT2D eigenvalue weighted by Gasteiger charge is -2.13. The van der Waals surface area contributed by atoms with Crippen LogP contribution in [0.1, 0.15) is 199 Å². The number of nitrogens with two attached hydrogens (primary N) is 2. The number of carbonyl (C=O) groups excluding carboxylic acids is 13. The van der Waals surface area contributed by atoms with Gasteiger partial charge in [-0.15, -0.1) is 45.3 Å². The molecule has 5 unspecified atom stereocenters. The van der Waals surface area contributed by atoms with Gasteiger partial charge in [0.1, 0.15) is 27.3 Å². The number of aryl methyl sites for hydroxylation is 5. The maximum Gasteiger partial charge on any atom is 0.309 e. The van der Waals surface area contributed by atoms with Gasteiger partial charge in [-0.2, -0.15) is 5.26 Å². The van der Waals surface area contributed by atoms with Crippen molar-refractivity contribution in [1.29, 1.82) is 5.26 Å². The standard InChI is InChI=1S/C20H20BrNO4S.C20H22N2O4S.C20H20N2O3S.C18H19NO3S.C11H11NO.C7H10O3/c2*1-3-11-6-4-5-7-13(11)18(24)17-14-8-12(20(25)26-2)9-15(14)27-19(17)22-16(23)10-21;1-3-11-6-4-5-7-13(11)18-17-14-8-12(20(24)25-2)9-15(14)26-19(17)22-16(23)10-21-18;1-3-10-6-4-5-7-12(10)16(20)15-13-8-11(18(21)22-2)9-14(13)23-17(15)19;1-2-9-5-3-4-6-10(9)11(13)7-8-12;1-10-7(9)5-2-3-6(8)4-5/h4-7,12H,3,8-10H2,1-2H3,(H,22,23);4-7,12H,3,8-10,21H2,1-2H3,(H,22,23);4-7,12H,3,8-10H2,1-2H3,(H,22,23);4-7,11H,3,8-9,19H2,1-2H3;3-6H,2,7H2,1H3;5H,2-4H2,1H3. The lowest BCUT2D eigenvalue weighted by molar-refractivity contribution is -0.146. The van der Waals surface area contributed by atoms with E-state index in [1.807, 2.05) is 131 Å². The van der Waals surface area contributed by atoms with Gasteiger partial charge in [-0.25, -0.2) is 0 Å². The van der Waals surface area contributed by atoms with E-state index in [0.717, 1.165) is 118 Å². The van der Waals surface area contributed by atoms with Crippen molar-refractivity contribution in [3.63, 3.8) is 0 Å². The SMILES string of the molecule is CCc1ccccc1C(=O)CC#N.CCc1ccccc1C(=O)c1c(N)sc2c1CC(C(=O)OC)C2.CCc1ccccc1C(=O)c1c(NC(=O)CBr)sc2c1CC(C(=O)OC)C2.CCc1ccccc1C(=O)c1c(NC(=O)CN)sc2c1CC(C(=O)OC)C2.CCc1ccccc1C1=NCC(=O)Nc2sc3c(c21)CC(C(=O)OC)C3.COC(=O)C1CCC(=O)C1. The van der Waals surface area contributed by atoms with E-state index in [1.165, 1.54) is 75.1 Å². The fraction of sp³-hybridized carbons (Fsp3) is 0.365. The van der Waals surface area contributed by atoms with Gasteiger partial charge in [0.2, 0.25) is 17.7 Å². The zero-order valence-electron chi connectivity index (χ0n) is 72.0. The number of esters is 5. The average molecular weight is 1850 g/mol. The molecule has 0 saturated heterocycles. The molecule has 4 aromatic heterocycles. The van der Waals surface area contributed by atoms with Crippen molar-refractivity contribution >= 4 is 163 Å². The predicted octanol–water partition coefficient (Wildman–Crippen LogP) is 15.0. The molecule has 1 fully saturated rings. The first kappa shape index (κ1) is 96.6. The van der Waals surface area contributed by atoms with Crippen LogP contribution in [0.2, 0.25) is 0 Å². The van der Waals surface area contributed by atoms with Crippen LogP contribution in [0.4, 0.5) is 20.0 Å². The highest BCUT2D eigenvalue weighted by Crippen LogP contribution is 2.47. The van der Waals surface area contributed by atoms with Gasteiger partial charge in [-0.05, 0) is 140 Å². The number of halogens is 1. The Morgan fingerprint density at radius 2 is 0.833 bits per heavy atom. The zero-order valence-corrected chi connectivity index (χ0v) is 76.8. The molecule has 0 radical (unpaired) electrons. The molecule has 7 N–H and O–H groups in total. The molecule has 5 aliphatic carbocycles. The van der Waals surface area contributed by atoms with Gasteiger partial charge in [0.05, 0.1) is 117 Å². The number of hydrogen-bond donors (Lipinski definition) is 5. The number of aliphatic imine (C=N–C) groups is 1. The van der Waals surface area contributed by atoms with Crippen LogP contribution in [0, 0.1) is 40.9 Å². The number of anilines is 4. The Morgan fingerprint density at radius 3 is 1.24 bits per heavy atom. The van der Waals surface area contributed by atoms with Gasteiger partial charge in [0, 0.05) is 65.7 Å². The number of methoxy groups -OCH3 is 5. The van der Waals surface area contributed by atoms with Crippen molar-refractivity contribution < 1.29 is 86.0 Å². The van der Waals surface area contributed by atoms with Gasteiger partial charge in [0.15, 0.2) is 23.1 Å². The van der Waals surface area contributed by atoms with Crippen LogP contribution in [-0.2, 0) is 150 Å². The summed E-state index contributed by atoms with van der Waals surface area (Å²) in [4.78, 5) is 165. The van der Waals surface area contributed by atoms with Crippen molar-refractivity contribution in [2.45, 2.75) is 144 Å². The summed E-state index contributed by atoms with van der Waals surface area (Å²) in [5.41, 5.74) is 27.5. The number of nitrogens with zero attached hydrogens (tertiary/aromatic N) is 2. The second-order valence-corrected chi connectivity index (χ2v) is 35.3. The molecule has 1 saturated carbocycles. The number of benzene rings is 5. The van der Waals surface area contributed by atoms with Crippen LogP contribution < -0.4 is 27.4 Å². The topological polar surface area (TPSA) is 392 Å². The van der Waals surface area contributed by atoms with Gasteiger partial charge in [0.25, 0.3) is 0 Å². The number of nitrogen functional groups attached to an aromatic ring is 1. The molecule has 3 amide bonds. The first-order chi connectivity index (χ1) is 60.7. The number of ether oxygens (including phenoxy) is 5. The normalized spacial score (nSPS) is 16.2. The van der Waals surface area contributed by atoms with Crippen molar-refractivity contribution in [1.82, 2.24) is 0 Å². The minimum Gasteiger partial charge on any atom is -0.469 e. The Balaban J connectivity index is 0.000000162. The number of nitrogens with one attached hydrogen (secondary N) is 3. The third-order valence-electron chi connectivity index (χ3n) is 22.7. The number of fused-ring (bicyclic) bond motifs is 6. The number of hydrogen-bond acceptors (Lipinski definition) is 26. The summed E-state index contributed by atoms with van der Waals surface area (Å²) < 4.78 is 24.0. The van der Waals surface area contributed by atoms with Crippen molar-refractivity contribution in [3.05, 3.63) is 241 Å². The summed E-state index contributed by atoms with van der Waals surface area (Å²) in [6, 6.07) is 40.0. The summed E-state index contributed by atoms with van der Waals surface area (Å²) in [7, 11) is 6.92. The highest BCUT2D eigenvalue weighted by Gasteiger charge is 2.41. The minimum atomic E-state index is -0.350. The maximum absolute atomic E-state index is 13.4. The van der Waals surface area contributed by atoms with Crippen LogP contribution >= 0.6 is 61.3 Å². The molecule has 25 nitrogen and oxygen atoms in total. The molecule has 126 heavy (non-hydrogen) atoms. The fourth-order valence-corrected chi connectivity index (χ4v) is 21.6. The summed E-state index contributed by atoms with van der Waals surface area (Å²) in [5, 5.41) is 19.6. The van der Waals surface area contributed by atoms with E-state index in [4.69, 9.17) is 35.7 Å². The molecule has 0 bridgehead atoms. The van der Waals surface area contributed by atoms with Gasteiger partial charge >= 0.3 is 29.8 Å². The third kappa shape index (κ3) is 22.6. The highest BCUT2D eigenvalue weighted by molar-refractivity contribution is 9.09. The van der Waals surface area contributed by atoms with Crippen LogP contribution in [0.5, 0.6) is 0 Å². The van der Waals surface area contributed by atoms with E-state index in [0.29, 0.717) is 125 Å². The van der Waals surface area contributed by atoms with E-state index < -0.39 is 0 Å². The number of amides is 3. The molecular weight excluding hydrogens is 1750 g/mol. The first-order valence-corrected chi connectivity index (χ1v) is 46.0. The van der Waals surface area contributed by atoms with Gasteiger partial charge in [-0.1, -0.05) is 172 Å². The maximum atomic E-state index is 13.4. The first-order valence-electron chi connectivity index (χ1n) is 41.6. The Bertz CT molecular complexity index is 5580. The van der Waals surface area contributed by atoms with Crippen molar-refractivity contribution in [2.24, 2.45) is 40.3 Å². The van der Waals surface area contributed by atoms with E-state index >= 15 is 0 Å². The second kappa shape index (κ2) is 45.5. The highest BCUT2D eigenvalue weighted by atomic mass is 79.9. The molecule has 9 aromatic rings. The van der Waals surface area contributed by atoms with Gasteiger partial charge in [-0.3, -0.25) is 67.3 Å². The molecular formula is C96H102BrN7O18S4. The summed E-state index contributed by atoms with van der Waals surface area (Å²) >= 11 is 8.85. The Hall–Kier alpha value is -11.6. The lowest BCUT2D eigenvalue weighted by atomic mass is 9.94. The number of nitriles is 1. The number of alkyl halides is 1. The third-order valence-corrected chi connectivity index (χ3v) is 27.8. The molecule has 660 valence electrons. The molecule has 5 aromatic carbocycles. The van der Waals surface area contributed by atoms with Crippen molar-refractivity contribution in [2.75, 3.05) is 75.7 Å². The number of thiophene rings is 4. The van der Waals surface area contributed by atoms with E-state index in [-0.39, 0.29) is 131 Å². The van der Waals surface area contributed by atoms with E-state index in [9.17, 15) is 62.3 Å². The van der Waals surface area contributed by atoms with E-state index in [2.05, 4.69) is 60.7 Å². The molecule has 5 heterocycles. The number of carbonyl (C=O) groups is 13. The monoisotopic (exact) mass is 1850 g/mol. The molecule has 6 aliphatic rings. The fourth-order valence-electron chi connectivity index (χ4n) is 16.4. The molecule has 30 heteroatoms. The quantitative estimate of drug-likeness (QED) is 0.0172. The Kier molecular flexibility index (Phi) is 34.9. The molecule has 1 aliphatic heterocycles. The number of ketones is 5. The largest absolute Gasteiger partial charge is 0.469 e. The lowest BCUT2D eigenvalue weighted by Crippen LogP contribution is -2.23. The van der Waals surface area contributed by atoms with Gasteiger partial charge < -0.3 is 51.1 Å². The van der Waals surface area contributed by atoms with Crippen LogP contribution in [0.25, 0.3) is 0 Å². The number of rotatable bonds is 23. The summed E-state index contributed by atoms with van der Waals surface area (Å²) in [5.74, 6) is -3.10. The average Bonchev–Trinajstić information content (AvgIpc) is 1.65. The Morgan fingerprint density at radius 1 is 0.468 bits per heavy atom.